The predicted octanol–water partition coefficient (Wildman–Crippen LogP) is 5.75. The van der Waals surface area contributed by atoms with E-state index < -0.39 is 0 Å². The standard InChI is InChI=1S/C20H19N5OS2/c1-3-14-9-11-16(12-10-14)21-19-24-25-20(28-19)27-13(2)17-22-23-18(26-17)15-7-5-4-6-8-15/h4-13H,3H2,1-2H3,(H,21,24)/t13-/m1/s1. The quantitative estimate of drug-likeness (QED) is 0.390. The van der Waals surface area contributed by atoms with Crippen LogP contribution in [0.15, 0.2) is 63.4 Å². The molecule has 4 aromatic rings. The molecular formula is C20H19N5OS2. The van der Waals surface area contributed by atoms with Crippen LogP contribution in [-0.2, 0) is 6.42 Å². The molecule has 0 amide bonds. The second-order valence-electron chi connectivity index (χ2n) is 6.12. The van der Waals surface area contributed by atoms with E-state index in [1.165, 1.54) is 16.9 Å². The third-order valence-corrected chi connectivity index (χ3v) is 6.12. The van der Waals surface area contributed by atoms with Crippen molar-refractivity contribution in [2.75, 3.05) is 5.32 Å². The molecule has 8 heteroatoms. The fraction of sp³-hybridized carbons (Fsp3) is 0.200. The minimum absolute atomic E-state index is 0.0189. The molecule has 0 aliphatic heterocycles. The highest BCUT2D eigenvalue weighted by molar-refractivity contribution is 8.01. The first-order valence-corrected chi connectivity index (χ1v) is 10.7. The normalized spacial score (nSPS) is 12.1. The molecular weight excluding hydrogens is 390 g/mol. The lowest BCUT2D eigenvalue weighted by molar-refractivity contribution is 0.509. The number of rotatable bonds is 7. The summed E-state index contributed by atoms with van der Waals surface area (Å²) < 4.78 is 6.67. The molecule has 28 heavy (non-hydrogen) atoms. The van der Waals surface area contributed by atoms with Crippen molar-refractivity contribution in [2.45, 2.75) is 29.9 Å². The third kappa shape index (κ3) is 4.40. The highest BCUT2D eigenvalue weighted by atomic mass is 32.2. The predicted molar refractivity (Wildman–Crippen MR) is 113 cm³/mol. The van der Waals surface area contributed by atoms with Crippen molar-refractivity contribution in [3.8, 4) is 11.5 Å². The Balaban J connectivity index is 1.40. The number of nitrogens with one attached hydrogen (secondary N) is 1. The first kappa shape index (κ1) is 18.6. The van der Waals surface area contributed by atoms with Crippen LogP contribution >= 0.6 is 23.1 Å². The van der Waals surface area contributed by atoms with Crippen LogP contribution < -0.4 is 5.32 Å². The van der Waals surface area contributed by atoms with Crippen molar-refractivity contribution in [1.82, 2.24) is 20.4 Å². The molecule has 0 aliphatic carbocycles. The molecule has 1 N–H and O–H groups in total. The van der Waals surface area contributed by atoms with E-state index in [0.29, 0.717) is 11.8 Å². The highest BCUT2D eigenvalue weighted by Crippen LogP contribution is 2.38. The average molecular weight is 410 g/mol. The summed E-state index contributed by atoms with van der Waals surface area (Å²) >= 11 is 3.05. The fourth-order valence-corrected chi connectivity index (χ4v) is 4.50. The van der Waals surface area contributed by atoms with Gasteiger partial charge in [-0.3, -0.25) is 0 Å². The molecule has 2 aromatic carbocycles. The van der Waals surface area contributed by atoms with Gasteiger partial charge in [-0.25, -0.2) is 0 Å². The van der Waals surface area contributed by atoms with Crippen LogP contribution in [-0.4, -0.2) is 20.4 Å². The van der Waals surface area contributed by atoms with Crippen LogP contribution in [0.25, 0.3) is 11.5 Å². The van der Waals surface area contributed by atoms with E-state index in [2.05, 4.69) is 56.9 Å². The third-order valence-electron chi connectivity index (χ3n) is 4.11. The number of hydrogen-bond acceptors (Lipinski definition) is 8. The molecule has 0 unspecified atom stereocenters. The number of hydrogen-bond donors (Lipinski definition) is 1. The number of aromatic nitrogens is 4. The van der Waals surface area contributed by atoms with E-state index in [1.807, 2.05) is 37.3 Å². The number of benzene rings is 2. The van der Waals surface area contributed by atoms with Crippen LogP contribution in [0.2, 0.25) is 0 Å². The van der Waals surface area contributed by atoms with Gasteiger partial charge < -0.3 is 9.73 Å². The van der Waals surface area contributed by atoms with Gasteiger partial charge in [-0.05, 0) is 43.2 Å². The second kappa shape index (κ2) is 8.53. The summed E-state index contributed by atoms with van der Waals surface area (Å²) in [5.41, 5.74) is 3.22. The lowest BCUT2D eigenvalue weighted by Crippen LogP contribution is -1.89. The van der Waals surface area contributed by atoms with E-state index in [4.69, 9.17) is 4.42 Å². The monoisotopic (exact) mass is 409 g/mol. The van der Waals surface area contributed by atoms with Gasteiger partial charge in [-0.2, -0.15) is 0 Å². The summed E-state index contributed by atoms with van der Waals surface area (Å²) in [6.07, 6.45) is 1.03. The molecule has 4 rings (SSSR count). The number of nitrogens with zero attached hydrogens (tertiary/aromatic N) is 4. The summed E-state index contributed by atoms with van der Waals surface area (Å²) in [5.74, 6) is 1.10. The molecule has 0 radical (unpaired) electrons. The summed E-state index contributed by atoms with van der Waals surface area (Å²) in [6.45, 7) is 4.16. The smallest absolute Gasteiger partial charge is 0.247 e. The van der Waals surface area contributed by atoms with Gasteiger partial charge in [0.2, 0.25) is 16.9 Å². The zero-order chi connectivity index (χ0) is 19.3. The first-order valence-electron chi connectivity index (χ1n) is 8.96. The van der Waals surface area contributed by atoms with E-state index in [0.717, 1.165) is 27.1 Å². The molecule has 2 heterocycles. The van der Waals surface area contributed by atoms with Gasteiger partial charge in [0.1, 0.15) is 0 Å². The van der Waals surface area contributed by atoms with E-state index >= 15 is 0 Å². The van der Waals surface area contributed by atoms with Crippen LogP contribution in [0.3, 0.4) is 0 Å². The molecule has 1 atom stereocenters. The zero-order valence-electron chi connectivity index (χ0n) is 15.5. The molecule has 6 nitrogen and oxygen atoms in total. The summed E-state index contributed by atoms with van der Waals surface area (Å²) in [5, 5.41) is 20.8. The maximum Gasteiger partial charge on any atom is 0.247 e. The first-order chi connectivity index (χ1) is 13.7. The summed E-state index contributed by atoms with van der Waals surface area (Å²) in [7, 11) is 0. The molecule has 0 aliphatic rings. The highest BCUT2D eigenvalue weighted by Gasteiger charge is 2.18. The molecule has 0 fully saturated rings. The number of anilines is 2. The Morgan fingerprint density at radius 1 is 1.00 bits per heavy atom. The Kier molecular flexibility index (Phi) is 5.68. The minimum Gasteiger partial charge on any atom is -0.419 e. The SMILES string of the molecule is CCc1ccc(Nc2nnc(S[C@H](C)c3nnc(-c4ccccc4)o3)s2)cc1. The van der Waals surface area contributed by atoms with Crippen molar-refractivity contribution in [2.24, 2.45) is 0 Å². The zero-order valence-corrected chi connectivity index (χ0v) is 17.1. The van der Waals surface area contributed by atoms with Crippen molar-refractivity contribution in [3.05, 3.63) is 66.1 Å². The van der Waals surface area contributed by atoms with Gasteiger partial charge in [-0.1, -0.05) is 60.4 Å². The maximum absolute atomic E-state index is 5.83. The Morgan fingerprint density at radius 2 is 1.79 bits per heavy atom. The largest absolute Gasteiger partial charge is 0.419 e. The fourth-order valence-electron chi connectivity index (χ4n) is 2.55. The Labute approximate surface area is 171 Å². The molecule has 2 aromatic heterocycles. The topological polar surface area (TPSA) is 76.7 Å². The Morgan fingerprint density at radius 3 is 2.54 bits per heavy atom. The molecule has 0 spiro atoms. The van der Waals surface area contributed by atoms with E-state index in [9.17, 15) is 0 Å². The van der Waals surface area contributed by atoms with Crippen LogP contribution in [0.5, 0.6) is 0 Å². The Bertz CT molecular complexity index is 1030. The van der Waals surface area contributed by atoms with Crippen molar-refractivity contribution >= 4 is 33.9 Å². The van der Waals surface area contributed by atoms with Crippen LogP contribution in [0.1, 0.15) is 30.6 Å². The van der Waals surface area contributed by atoms with Crippen LogP contribution in [0, 0.1) is 0 Å². The van der Waals surface area contributed by atoms with Crippen molar-refractivity contribution in [1.29, 1.82) is 0 Å². The Hall–Kier alpha value is -2.71. The molecule has 0 saturated carbocycles. The second-order valence-corrected chi connectivity index (χ2v) is 8.69. The lowest BCUT2D eigenvalue weighted by Gasteiger charge is -2.03. The number of aryl methyl sites for hydroxylation is 1. The average Bonchev–Trinajstić information content (AvgIpc) is 3.39. The van der Waals surface area contributed by atoms with E-state index in [-0.39, 0.29) is 5.25 Å². The van der Waals surface area contributed by atoms with Gasteiger partial charge in [0, 0.05) is 11.3 Å². The summed E-state index contributed by atoms with van der Waals surface area (Å²) in [6, 6.07) is 18.1. The summed E-state index contributed by atoms with van der Waals surface area (Å²) in [4.78, 5) is 0. The van der Waals surface area contributed by atoms with Crippen molar-refractivity contribution in [3.63, 3.8) is 0 Å². The van der Waals surface area contributed by atoms with Gasteiger partial charge >= 0.3 is 0 Å². The van der Waals surface area contributed by atoms with Gasteiger partial charge in [-0.15, -0.1) is 20.4 Å². The van der Waals surface area contributed by atoms with Crippen molar-refractivity contribution < 1.29 is 4.42 Å². The van der Waals surface area contributed by atoms with Gasteiger partial charge in [0.15, 0.2) is 4.34 Å². The van der Waals surface area contributed by atoms with Gasteiger partial charge in [0.25, 0.3) is 0 Å². The van der Waals surface area contributed by atoms with E-state index in [1.54, 1.807) is 11.8 Å². The maximum atomic E-state index is 5.83. The van der Waals surface area contributed by atoms with Gasteiger partial charge in [0.05, 0.1) is 5.25 Å². The lowest BCUT2D eigenvalue weighted by atomic mass is 10.1. The molecule has 142 valence electrons. The van der Waals surface area contributed by atoms with Crippen LogP contribution in [0.4, 0.5) is 10.8 Å². The molecule has 0 bridgehead atoms. The minimum atomic E-state index is -0.0189. The number of thioether (sulfide) groups is 1. The molecule has 0 saturated heterocycles.